The molecule has 9 nitrogen and oxygen atoms in total. The van der Waals surface area contributed by atoms with Crippen LogP contribution in [0.4, 0.5) is 5.69 Å². The van der Waals surface area contributed by atoms with Crippen LogP contribution in [0.3, 0.4) is 0 Å². The molecule has 0 bridgehead atoms. The molecule has 0 aliphatic carbocycles. The van der Waals surface area contributed by atoms with Crippen LogP contribution in [-0.2, 0) is 20.8 Å². The number of aromatic nitrogens is 2. The molecule has 0 spiro atoms. The molecular weight excluding hydrogens is 484 g/mol. The molecule has 1 amide bonds. The topological polar surface area (TPSA) is 98.1 Å². The summed E-state index contributed by atoms with van der Waals surface area (Å²) < 4.78 is 18.7. The highest BCUT2D eigenvalue weighted by molar-refractivity contribution is 6.25. The number of nitrogens with one attached hydrogen (secondary N) is 1. The predicted molar refractivity (Wildman–Crippen MR) is 140 cm³/mol. The number of imidazole rings is 1. The van der Waals surface area contributed by atoms with E-state index in [0.29, 0.717) is 50.0 Å². The van der Waals surface area contributed by atoms with Gasteiger partial charge in [0, 0.05) is 38.3 Å². The highest BCUT2D eigenvalue weighted by Crippen LogP contribution is 2.30. The summed E-state index contributed by atoms with van der Waals surface area (Å²) in [6.07, 6.45) is 0.386. The number of hydrogen-bond donors (Lipinski definition) is 2. The number of benzene rings is 2. The van der Waals surface area contributed by atoms with E-state index in [1.54, 1.807) is 24.3 Å². The van der Waals surface area contributed by atoms with Gasteiger partial charge in [0.05, 0.1) is 37.5 Å². The molecule has 5 rings (SSSR count). The molecule has 0 atom stereocenters. The summed E-state index contributed by atoms with van der Waals surface area (Å²) in [6, 6.07) is 14.9. The lowest BCUT2D eigenvalue weighted by atomic mass is 10.1. The zero-order chi connectivity index (χ0) is 24.0. The van der Waals surface area contributed by atoms with Crippen molar-refractivity contribution < 1.29 is 24.1 Å². The summed E-state index contributed by atoms with van der Waals surface area (Å²) in [7, 11) is 0. The molecular formula is C26H31ClN4O5. The van der Waals surface area contributed by atoms with E-state index in [2.05, 4.69) is 15.2 Å². The fraction of sp³-hybridized carbons (Fsp3) is 0.385. The number of aliphatic hydroxyl groups excluding tert-OH is 1. The largest absolute Gasteiger partial charge is 0.511 e. The molecule has 2 aliphatic heterocycles. The zero-order valence-corrected chi connectivity index (χ0v) is 20.8. The Morgan fingerprint density at radius 1 is 1.03 bits per heavy atom. The standard InChI is InChI=1S/C26H30N4O5.ClH/c31-23-9-10-30-22-4-2-1-3-21(22)28-25(30)24(23)26(32)27-19-5-7-20(8-6-19)35-18-17-34-16-13-29-11-14-33-15-12-29;/h1-8,31H,9-18H2,(H,27,32);1H. The molecule has 0 radical (unpaired) electrons. The Morgan fingerprint density at radius 2 is 1.81 bits per heavy atom. The Balaban J connectivity index is 0.00000304. The zero-order valence-electron chi connectivity index (χ0n) is 20.0. The average Bonchev–Trinajstić information content (AvgIpc) is 3.26. The Morgan fingerprint density at radius 3 is 2.61 bits per heavy atom. The third-order valence-corrected chi connectivity index (χ3v) is 6.23. The van der Waals surface area contributed by atoms with Crippen molar-refractivity contribution in [3.05, 3.63) is 60.1 Å². The van der Waals surface area contributed by atoms with Gasteiger partial charge in [-0.25, -0.2) is 4.98 Å². The number of anilines is 1. The number of hydrogen-bond acceptors (Lipinski definition) is 7. The molecule has 10 heteroatoms. The first-order chi connectivity index (χ1) is 17.2. The van der Waals surface area contributed by atoms with Crippen molar-refractivity contribution in [2.45, 2.75) is 13.0 Å². The van der Waals surface area contributed by atoms with Gasteiger partial charge < -0.3 is 29.2 Å². The maximum atomic E-state index is 13.0. The van der Waals surface area contributed by atoms with Crippen molar-refractivity contribution >= 4 is 40.6 Å². The monoisotopic (exact) mass is 514 g/mol. The number of fused-ring (bicyclic) bond motifs is 3. The van der Waals surface area contributed by atoms with E-state index in [-0.39, 0.29) is 29.6 Å². The number of morpholine rings is 1. The molecule has 3 aromatic rings. The fourth-order valence-corrected chi connectivity index (χ4v) is 4.36. The maximum Gasteiger partial charge on any atom is 0.262 e. The summed E-state index contributed by atoms with van der Waals surface area (Å²) in [4.78, 5) is 20.0. The lowest BCUT2D eigenvalue weighted by molar-refractivity contribution is -0.111. The molecule has 1 fully saturated rings. The fourth-order valence-electron chi connectivity index (χ4n) is 4.36. The van der Waals surface area contributed by atoms with E-state index >= 15 is 0 Å². The smallest absolute Gasteiger partial charge is 0.262 e. The summed E-state index contributed by atoms with van der Waals surface area (Å²) in [5, 5.41) is 13.4. The van der Waals surface area contributed by atoms with Crippen LogP contribution in [0.2, 0.25) is 0 Å². The van der Waals surface area contributed by atoms with Gasteiger partial charge in [-0.1, -0.05) is 12.1 Å². The third-order valence-electron chi connectivity index (χ3n) is 6.23. The number of allylic oxidation sites excluding steroid dienone is 1. The second kappa shape index (κ2) is 12.2. The molecule has 0 saturated carbocycles. The number of amides is 1. The first kappa shape index (κ1) is 26.0. The number of rotatable bonds is 9. The van der Waals surface area contributed by atoms with Gasteiger partial charge in [0.1, 0.15) is 29.5 Å². The van der Waals surface area contributed by atoms with Gasteiger partial charge in [0.25, 0.3) is 5.91 Å². The number of carbonyl (C=O) groups is 1. The maximum absolute atomic E-state index is 13.0. The van der Waals surface area contributed by atoms with Crippen molar-refractivity contribution in [3.8, 4) is 5.75 Å². The van der Waals surface area contributed by atoms with E-state index in [1.807, 2.05) is 28.8 Å². The number of nitrogens with zero attached hydrogens (tertiary/aromatic N) is 3. The number of aryl methyl sites for hydroxylation is 1. The second-order valence-corrected chi connectivity index (χ2v) is 8.54. The van der Waals surface area contributed by atoms with Crippen molar-refractivity contribution in [1.82, 2.24) is 14.5 Å². The first-order valence-corrected chi connectivity index (χ1v) is 12.0. The van der Waals surface area contributed by atoms with Crippen LogP contribution in [-0.4, -0.2) is 78.1 Å². The van der Waals surface area contributed by atoms with Crippen LogP contribution in [0.5, 0.6) is 5.75 Å². The van der Waals surface area contributed by atoms with Crippen LogP contribution in [0.15, 0.2) is 54.3 Å². The molecule has 3 heterocycles. The van der Waals surface area contributed by atoms with Crippen LogP contribution in [0.25, 0.3) is 16.6 Å². The molecule has 36 heavy (non-hydrogen) atoms. The minimum atomic E-state index is -0.388. The minimum Gasteiger partial charge on any atom is -0.511 e. The molecule has 0 unspecified atom stereocenters. The Kier molecular flexibility index (Phi) is 8.82. The van der Waals surface area contributed by atoms with Crippen LogP contribution >= 0.6 is 12.4 Å². The summed E-state index contributed by atoms with van der Waals surface area (Å²) >= 11 is 0. The van der Waals surface area contributed by atoms with Gasteiger partial charge in [0.2, 0.25) is 0 Å². The first-order valence-electron chi connectivity index (χ1n) is 12.0. The van der Waals surface area contributed by atoms with Crippen LogP contribution < -0.4 is 10.1 Å². The van der Waals surface area contributed by atoms with Gasteiger partial charge in [-0.2, -0.15) is 0 Å². The van der Waals surface area contributed by atoms with Crippen molar-refractivity contribution in [3.63, 3.8) is 0 Å². The van der Waals surface area contributed by atoms with Crippen molar-refractivity contribution in [2.24, 2.45) is 0 Å². The van der Waals surface area contributed by atoms with E-state index in [0.717, 1.165) is 43.9 Å². The van der Waals surface area contributed by atoms with Gasteiger partial charge >= 0.3 is 0 Å². The SMILES string of the molecule is Cl.O=C(Nc1ccc(OCCOCCN2CCOCC2)cc1)C1=C(O)CCn2c1nc1ccccc12. The summed E-state index contributed by atoms with van der Waals surface area (Å²) in [6.45, 7) is 6.62. The number of halogens is 1. The van der Waals surface area contributed by atoms with E-state index in [9.17, 15) is 9.90 Å². The quantitative estimate of drug-likeness (QED) is 0.422. The Hall–Kier alpha value is -3.11. The number of carbonyl (C=O) groups excluding carboxylic acids is 1. The van der Waals surface area contributed by atoms with E-state index in [4.69, 9.17) is 14.2 Å². The van der Waals surface area contributed by atoms with E-state index in [1.165, 1.54) is 0 Å². The minimum absolute atomic E-state index is 0. The molecule has 1 aromatic heterocycles. The van der Waals surface area contributed by atoms with Crippen molar-refractivity contribution in [2.75, 3.05) is 58.0 Å². The molecule has 2 aliphatic rings. The summed E-state index contributed by atoms with van der Waals surface area (Å²) in [5.74, 6) is 0.849. The van der Waals surface area contributed by atoms with Gasteiger partial charge in [0.15, 0.2) is 0 Å². The van der Waals surface area contributed by atoms with Gasteiger partial charge in [-0.15, -0.1) is 12.4 Å². The van der Waals surface area contributed by atoms with Crippen molar-refractivity contribution in [1.29, 1.82) is 0 Å². The predicted octanol–water partition coefficient (Wildman–Crippen LogP) is 3.50. The lowest BCUT2D eigenvalue weighted by Crippen LogP contribution is -2.38. The number of para-hydroxylation sites is 2. The summed E-state index contributed by atoms with van der Waals surface area (Å²) in [5.41, 5.74) is 2.57. The molecule has 192 valence electrons. The molecule has 2 aromatic carbocycles. The Bertz CT molecular complexity index is 1200. The van der Waals surface area contributed by atoms with E-state index < -0.39 is 0 Å². The molecule has 1 saturated heterocycles. The van der Waals surface area contributed by atoms with Crippen LogP contribution in [0.1, 0.15) is 12.2 Å². The Labute approximate surface area is 216 Å². The second-order valence-electron chi connectivity index (χ2n) is 8.54. The van der Waals surface area contributed by atoms with Gasteiger partial charge in [-0.05, 0) is 36.4 Å². The normalized spacial score (nSPS) is 15.9. The van der Waals surface area contributed by atoms with Crippen LogP contribution in [0, 0.1) is 0 Å². The highest BCUT2D eigenvalue weighted by Gasteiger charge is 2.28. The average molecular weight is 515 g/mol. The third kappa shape index (κ3) is 5.99. The van der Waals surface area contributed by atoms with Gasteiger partial charge in [-0.3, -0.25) is 9.69 Å². The number of aliphatic hydroxyl groups is 1. The molecule has 2 N–H and O–H groups in total. The lowest BCUT2D eigenvalue weighted by Gasteiger charge is -2.26. The number of ether oxygens (including phenoxy) is 3. The highest BCUT2D eigenvalue weighted by atomic mass is 35.5.